The normalized spacial score (nSPS) is 11.4. The minimum Gasteiger partial charge on any atom is -0.334 e. The van der Waals surface area contributed by atoms with Gasteiger partial charge in [-0.3, -0.25) is 4.72 Å². The fraction of sp³-hybridized carbons (Fsp3) is 0.0667. The number of nitrogens with one attached hydrogen (secondary N) is 1. The summed E-state index contributed by atoms with van der Waals surface area (Å²) in [6.45, 7) is 1.71. The summed E-state index contributed by atoms with van der Waals surface area (Å²) in [5.41, 5.74) is 0.989. The van der Waals surface area contributed by atoms with E-state index < -0.39 is 10.0 Å². The molecule has 0 aliphatic rings. The zero-order valence-corrected chi connectivity index (χ0v) is 13.6. The largest absolute Gasteiger partial charge is 0.334 e. The van der Waals surface area contributed by atoms with E-state index in [1.165, 1.54) is 12.1 Å². The second-order valence-corrected chi connectivity index (χ2v) is 6.82. The van der Waals surface area contributed by atoms with E-state index in [0.29, 0.717) is 23.0 Å². The van der Waals surface area contributed by atoms with Crippen molar-refractivity contribution >= 4 is 27.3 Å². The second kappa shape index (κ2) is 6.02. The van der Waals surface area contributed by atoms with Crippen molar-refractivity contribution in [3.63, 3.8) is 0 Å². The van der Waals surface area contributed by atoms with Crippen LogP contribution in [0.5, 0.6) is 0 Å². The Morgan fingerprint density at radius 3 is 2.61 bits per heavy atom. The van der Waals surface area contributed by atoms with Gasteiger partial charge in [-0.15, -0.1) is 0 Å². The summed E-state index contributed by atoms with van der Waals surface area (Å²) in [6.07, 6.45) is 0. The van der Waals surface area contributed by atoms with Crippen LogP contribution in [0.4, 0.5) is 5.69 Å². The van der Waals surface area contributed by atoms with E-state index in [1.54, 1.807) is 43.3 Å². The van der Waals surface area contributed by atoms with Crippen LogP contribution in [0.15, 0.2) is 57.9 Å². The summed E-state index contributed by atoms with van der Waals surface area (Å²) in [5, 5.41) is 3.87. The number of aryl methyl sites for hydroxylation is 1. The number of nitrogens with zero attached hydrogens (tertiary/aromatic N) is 2. The van der Waals surface area contributed by atoms with E-state index in [2.05, 4.69) is 14.9 Å². The summed E-state index contributed by atoms with van der Waals surface area (Å²) < 4.78 is 32.4. The number of aromatic nitrogens is 2. The van der Waals surface area contributed by atoms with Crippen molar-refractivity contribution in [2.75, 3.05) is 4.72 Å². The number of sulfonamides is 1. The Kier molecular flexibility index (Phi) is 4.06. The number of benzene rings is 2. The zero-order valence-electron chi connectivity index (χ0n) is 12.0. The smallest absolute Gasteiger partial charge is 0.263 e. The molecule has 0 saturated carbocycles. The Morgan fingerprint density at radius 1 is 1.13 bits per heavy atom. The van der Waals surface area contributed by atoms with Crippen molar-refractivity contribution in [1.29, 1.82) is 0 Å². The molecule has 0 unspecified atom stereocenters. The first-order valence-corrected chi connectivity index (χ1v) is 8.50. The average molecular weight is 350 g/mol. The minimum atomic E-state index is -3.79. The van der Waals surface area contributed by atoms with Crippen molar-refractivity contribution in [1.82, 2.24) is 10.1 Å². The maximum Gasteiger partial charge on any atom is 0.263 e. The van der Waals surface area contributed by atoms with Gasteiger partial charge >= 0.3 is 0 Å². The predicted molar refractivity (Wildman–Crippen MR) is 86.7 cm³/mol. The molecule has 0 saturated heterocycles. The monoisotopic (exact) mass is 349 g/mol. The predicted octanol–water partition coefficient (Wildman–Crippen LogP) is 3.50. The molecule has 0 spiro atoms. The molecule has 1 N–H and O–H groups in total. The van der Waals surface area contributed by atoms with Crippen molar-refractivity contribution < 1.29 is 12.9 Å². The van der Waals surface area contributed by atoms with Gasteiger partial charge in [-0.1, -0.05) is 35.0 Å². The Bertz CT molecular complexity index is 954. The van der Waals surface area contributed by atoms with Gasteiger partial charge < -0.3 is 4.52 Å². The van der Waals surface area contributed by atoms with Gasteiger partial charge in [0.2, 0.25) is 0 Å². The SMILES string of the molecule is Cc1noc(-c2cccc(NS(=O)(=O)c3ccccc3Cl)c2)n1. The fourth-order valence-corrected chi connectivity index (χ4v) is 3.57. The lowest BCUT2D eigenvalue weighted by molar-refractivity contribution is 0.425. The molecule has 6 nitrogen and oxygen atoms in total. The van der Waals surface area contributed by atoms with Gasteiger partial charge in [-0.25, -0.2) is 8.42 Å². The molecular formula is C15H12ClN3O3S. The molecule has 0 fully saturated rings. The van der Waals surface area contributed by atoms with E-state index in [0.717, 1.165) is 0 Å². The molecule has 3 aromatic rings. The molecule has 0 aliphatic carbocycles. The Labute approximate surface area is 138 Å². The van der Waals surface area contributed by atoms with Crippen LogP contribution in [0.2, 0.25) is 5.02 Å². The molecular weight excluding hydrogens is 338 g/mol. The highest BCUT2D eigenvalue weighted by Crippen LogP contribution is 2.25. The molecule has 1 aromatic heterocycles. The Morgan fingerprint density at radius 2 is 1.91 bits per heavy atom. The topological polar surface area (TPSA) is 85.1 Å². The molecule has 0 radical (unpaired) electrons. The van der Waals surface area contributed by atoms with Gasteiger partial charge in [-0.05, 0) is 37.3 Å². The van der Waals surface area contributed by atoms with Crippen LogP contribution in [0.1, 0.15) is 5.82 Å². The van der Waals surface area contributed by atoms with Crippen LogP contribution in [0.3, 0.4) is 0 Å². The average Bonchev–Trinajstić information content (AvgIpc) is 2.94. The molecule has 23 heavy (non-hydrogen) atoms. The molecule has 8 heteroatoms. The van der Waals surface area contributed by atoms with Gasteiger partial charge in [-0.2, -0.15) is 4.98 Å². The van der Waals surface area contributed by atoms with E-state index in [-0.39, 0.29) is 9.92 Å². The van der Waals surface area contributed by atoms with Crippen molar-refractivity contribution in [3.05, 3.63) is 59.4 Å². The number of halogens is 1. The quantitative estimate of drug-likeness (QED) is 0.779. The molecule has 0 aliphatic heterocycles. The van der Waals surface area contributed by atoms with Crippen LogP contribution >= 0.6 is 11.6 Å². The third-order valence-electron chi connectivity index (χ3n) is 3.02. The molecule has 1 heterocycles. The first-order valence-electron chi connectivity index (χ1n) is 6.64. The maximum atomic E-state index is 12.4. The lowest BCUT2D eigenvalue weighted by Crippen LogP contribution is -2.13. The van der Waals surface area contributed by atoms with E-state index >= 15 is 0 Å². The van der Waals surface area contributed by atoms with E-state index in [9.17, 15) is 8.42 Å². The highest BCUT2D eigenvalue weighted by atomic mass is 35.5. The van der Waals surface area contributed by atoms with E-state index in [4.69, 9.17) is 16.1 Å². The van der Waals surface area contributed by atoms with Crippen molar-refractivity contribution in [2.45, 2.75) is 11.8 Å². The number of anilines is 1. The van der Waals surface area contributed by atoms with Gasteiger partial charge in [0.1, 0.15) is 4.90 Å². The van der Waals surface area contributed by atoms with Crippen LogP contribution in [0.25, 0.3) is 11.5 Å². The fourth-order valence-electron chi connectivity index (χ4n) is 2.00. The summed E-state index contributed by atoms with van der Waals surface area (Å²) in [4.78, 5) is 4.13. The summed E-state index contributed by atoms with van der Waals surface area (Å²) >= 11 is 5.95. The molecule has 3 rings (SSSR count). The van der Waals surface area contributed by atoms with Gasteiger partial charge in [0, 0.05) is 11.3 Å². The molecule has 0 atom stereocenters. The lowest BCUT2D eigenvalue weighted by atomic mass is 10.2. The summed E-state index contributed by atoms with van der Waals surface area (Å²) in [5.74, 6) is 0.823. The first-order chi connectivity index (χ1) is 11.0. The van der Waals surface area contributed by atoms with Crippen LogP contribution in [-0.2, 0) is 10.0 Å². The summed E-state index contributed by atoms with van der Waals surface area (Å²) in [7, 11) is -3.79. The number of rotatable bonds is 4. The highest BCUT2D eigenvalue weighted by molar-refractivity contribution is 7.92. The van der Waals surface area contributed by atoms with Crippen LogP contribution in [0, 0.1) is 6.92 Å². The summed E-state index contributed by atoms with van der Waals surface area (Å²) in [6, 6.07) is 12.9. The van der Waals surface area contributed by atoms with Gasteiger partial charge in [0.25, 0.3) is 15.9 Å². The second-order valence-electron chi connectivity index (χ2n) is 4.76. The standard InChI is InChI=1S/C15H12ClN3O3S/c1-10-17-15(22-18-10)11-5-4-6-12(9-11)19-23(20,21)14-8-3-2-7-13(14)16/h2-9,19H,1H3. The lowest BCUT2D eigenvalue weighted by Gasteiger charge is -2.09. The third-order valence-corrected chi connectivity index (χ3v) is 4.90. The maximum absolute atomic E-state index is 12.4. The van der Waals surface area contributed by atoms with Crippen LogP contribution < -0.4 is 4.72 Å². The highest BCUT2D eigenvalue weighted by Gasteiger charge is 2.18. The first kappa shape index (κ1) is 15.5. The minimum absolute atomic E-state index is 0.0145. The Balaban J connectivity index is 1.93. The van der Waals surface area contributed by atoms with Crippen LogP contribution in [-0.4, -0.2) is 18.6 Å². The Hall–Kier alpha value is -2.38. The van der Waals surface area contributed by atoms with E-state index in [1.807, 2.05) is 0 Å². The molecule has 118 valence electrons. The molecule has 0 amide bonds. The molecule has 0 bridgehead atoms. The van der Waals surface area contributed by atoms with Crippen molar-refractivity contribution in [3.8, 4) is 11.5 Å². The number of hydrogen-bond donors (Lipinski definition) is 1. The van der Waals surface area contributed by atoms with Crippen molar-refractivity contribution in [2.24, 2.45) is 0 Å². The molecule has 2 aromatic carbocycles. The number of hydrogen-bond acceptors (Lipinski definition) is 5. The zero-order chi connectivity index (χ0) is 16.4. The van der Waals surface area contributed by atoms with Gasteiger partial charge in [0.15, 0.2) is 5.82 Å². The van der Waals surface area contributed by atoms with Gasteiger partial charge in [0.05, 0.1) is 5.02 Å². The third kappa shape index (κ3) is 3.35.